The van der Waals surface area contributed by atoms with E-state index in [1.807, 2.05) is 89.6 Å². The average Bonchev–Trinajstić information content (AvgIpc) is 4.03. The van der Waals surface area contributed by atoms with Crippen LogP contribution < -0.4 is 11.3 Å². The molecule has 0 fully saturated rings. The largest absolute Gasteiger partial charge is 0.323 e. The lowest BCUT2D eigenvalue weighted by molar-refractivity contribution is -0.119. The van der Waals surface area contributed by atoms with Crippen molar-refractivity contribution in [2.75, 3.05) is 5.43 Å². The monoisotopic (exact) mass is 828 g/mol. The van der Waals surface area contributed by atoms with E-state index in [9.17, 15) is 18.4 Å². The zero-order chi connectivity index (χ0) is 43.4. The van der Waals surface area contributed by atoms with E-state index in [-0.39, 0.29) is 23.2 Å². The summed E-state index contributed by atoms with van der Waals surface area (Å²) in [6.45, 7) is 3.52. The van der Waals surface area contributed by atoms with Crippen molar-refractivity contribution < 1.29 is 18.4 Å². The van der Waals surface area contributed by atoms with Gasteiger partial charge in [-0.05, 0) is 99.2 Å². The second-order valence-electron chi connectivity index (χ2n) is 14.7. The predicted octanol–water partition coefficient (Wildman–Crippen LogP) is 10.3. The lowest BCUT2D eigenvalue weighted by atomic mass is 9.89. The third kappa shape index (κ3) is 10.6. The van der Waals surface area contributed by atoms with E-state index in [4.69, 9.17) is 15.9 Å². The highest BCUT2D eigenvalue weighted by Crippen LogP contribution is 2.29. The maximum atomic E-state index is 13.3. The number of ketones is 2. The number of anilines is 1. The average molecular weight is 829 g/mol. The van der Waals surface area contributed by atoms with Crippen molar-refractivity contribution in [3.63, 3.8) is 0 Å². The van der Waals surface area contributed by atoms with Gasteiger partial charge in [0.1, 0.15) is 17.4 Å². The van der Waals surface area contributed by atoms with Gasteiger partial charge >= 0.3 is 0 Å². The maximum Gasteiger partial charge on any atom is 0.229 e. The highest BCUT2D eigenvalue weighted by molar-refractivity contribution is 6.10. The Morgan fingerprint density at radius 3 is 1.76 bits per heavy atom. The molecular weight excluding hydrogens is 783 g/mol. The van der Waals surface area contributed by atoms with Crippen LogP contribution in [0.15, 0.2) is 158 Å². The van der Waals surface area contributed by atoms with Gasteiger partial charge in [-0.3, -0.25) is 15.0 Å². The number of aromatic amines is 2. The number of imidazole rings is 2. The first-order chi connectivity index (χ1) is 30.2. The van der Waals surface area contributed by atoms with Crippen LogP contribution in [0.25, 0.3) is 39.3 Å². The van der Waals surface area contributed by atoms with Crippen molar-refractivity contribution in [1.29, 1.82) is 0 Å². The van der Waals surface area contributed by atoms with Gasteiger partial charge < -0.3 is 9.97 Å². The number of fused-ring (bicyclic) bond motifs is 2. The number of hydrogen-bond donors (Lipinski definition) is 4. The highest BCUT2D eigenvalue weighted by atomic mass is 19.1. The summed E-state index contributed by atoms with van der Waals surface area (Å²) in [5.74, 6) is 5.04. The number of benzene rings is 6. The number of hydrogen-bond acceptors (Lipinski definition) is 7. The number of Topliss-reactive ketones (excluding diaryl/α,β-unsaturated/α-hetero) is 2. The molecule has 6 aromatic carbocycles. The fourth-order valence-electron chi connectivity index (χ4n) is 7.13. The van der Waals surface area contributed by atoms with Crippen LogP contribution in [0.3, 0.4) is 0 Å². The molecule has 0 aliphatic rings. The summed E-state index contributed by atoms with van der Waals surface area (Å²) in [4.78, 5) is 39.4. The first-order valence-electron chi connectivity index (χ1n) is 20.3. The standard InChI is InChI=1S/C25H21FN4.C18H17FO2.C7H8N4/c1-17-21(16-13-18-11-14-20(26)15-12-18)24(19-7-3-2-4-8-19)29-30(17)25-27-22-9-5-6-10-23(22)28-25;1-13(20)17(18(21)15-5-3-2-4-6-15)12-9-14-7-10-16(19)11-8-14;8-11-7-9-5-3-1-2-4-6(5)10-7/h2-12,14-15H,13,16H2,1H3,(H,27,28);2-8,10-11,17H,9,12H2,1H3;1-4H,8H2,(H2,9,10,11). The molecule has 0 spiro atoms. The highest BCUT2D eigenvalue weighted by Gasteiger charge is 2.24. The molecule has 0 radical (unpaired) electrons. The molecule has 3 heterocycles. The van der Waals surface area contributed by atoms with Crippen LogP contribution in [0.2, 0.25) is 0 Å². The molecular formula is C50H46F2N8O2. The molecule has 0 amide bonds. The van der Waals surface area contributed by atoms with Gasteiger partial charge in [-0.2, -0.15) is 5.10 Å². The Morgan fingerprint density at radius 2 is 1.19 bits per heavy atom. The molecule has 0 saturated heterocycles. The smallest absolute Gasteiger partial charge is 0.229 e. The first-order valence-corrected chi connectivity index (χ1v) is 20.3. The number of para-hydroxylation sites is 4. The van der Waals surface area contributed by atoms with Gasteiger partial charge in [-0.25, -0.2) is 29.3 Å². The Labute approximate surface area is 357 Å². The minimum atomic E-state index is -0.641. The summed E-state index contributed by atoms with van der Waals surface area (Å²) in [7, 11) is 0. The number of H-pyrrole nitrogens is 2. The van der Waals surface area contributed by atoms with Gasteiger partial charge in [-0.15, -0.1) is 0 Å². The molecule has 0 bridgehead atoms. The van der Waals surface area contributed by atoms with Gasteiger partial charge in [0.05, 0.1) is 33.7 Å². The molecule has 0 saturated carbocycles. The van der Waals surface area contributed by atoms with Crippen molar-refractivity contribution in [1.82, 2.24) is 29.7 Å². The van der Waals surface area contributed by atoms with Crippen molar-refractivity contribution in [3.05, 3.63) is 197 Å². The van der Waals surface area contributed by atoms with Crippen LogP contribution in [0.1, 0.15) is 46.1 Å². The number of carbonyl (C=O) groups is 2. The molecule has 12 heteroatoms. The normalized spacial score (nSPS) is 11.3. The van der Waals surface area contributed by atoms with Crippen LogP contribution in [-0.2, 0) is 24.1 Å². The van der Waals surface area contributed by atoms with E-state index in [0.717, 1.165) is 63.0 Å². The van der Waals surface area contributed by atoms with E-state index >= 15 is 0 Å². The number of hydrazine groups is 1. The van der Waals surface area contributed by atoms with Crippen LogP contribution in [0.5, 0.6) is 0 Å². The molecule has 1 unspecified atom stereocenters. The van der Waals surface area contributed by atoms with Crippen molar-refractivity contribution in [3.8, 4) is 17.2 Å². The number of halogens is 2. The quantitative estimate of drug-likeness (QED) is 0.0415. The summed E-state index contributed by atoms with van der Waals surface area (Å²) in [5.41, 5.74) is 13.1. The van der Waals surface area contributed by atoms with Crippen LogP contribution in [0, 0.1) is 24.5 Å². The Bertz CT molecular complexity index is 2810. The Balaban J connectivity index is 0.000000156. The molecule has 312 valence electrons. The molecule has 3 aromatic heterocycles. The fraction of sp³-hybridized carbons (Fsp3) is 0.140. The minimum Gasteiger partial charge on any atom is -0.323 e. The number of carbonyl (C=O) groups excluding carboxylic acids is 2. The number of aryl methyl sites for hydroxylation is 2. The second kappa shape index (κ2) is 20.1. The summed E-state index contributed by atoms with van der Waals surface area (Å²) in [6, 6.07) is 47.6. The SMILES string of the molecule is CC(=O)C(CCc1ccc(F)cc1)C(=O)c1ccccc1.Cc1c(CCc2ccc(F)cc2)c(-c2ccccc2)nn1-c1nc2ccccc2[nH]1.NNc1nc2ccccc2[nH]1. The number of nitrogens with one attached hydrogen (secondary N) is 3. The van der Waals surface area contributed by atoms with E-state index < -0.39 is 5.92 Å². The number of nitrogen functional groups attached to an aromatic ring is 1. The fourth-order valence-corrected chi connectivity index (χ4v) is 7.13. The zero-order valence-electron chi connectivity index (χ0n) is 34.4. The zero-order valence-corrected chi connectivity index (χ0v) is 34.4. The summed E-state index contributed by atoms with van der Waals surface area (Å²) in [6.07, 6.45) is 2.63. The number of nitrogens with two attached hydrogens (primary N) is 1. The molecule has 10 nitrogen and oxygen atoms in total. The number of aromatic nitrogens is 6. The van der Waals surface area contributed by atoms with Crippen LogP contribution in [-0.4, -0.2) is 41.3 Å². The maximum absolute atomic E-state index is 13.3. The van der Waals surface area contributed by atoms with E-state index in [0.29, 0.717) is 30.3 Å². The van der Waals surface area contributed by atoms with Gasteiger partial charge in [0.15, 0.2) is 5.78 Å². The van der Waals surface area contributed by atoms with Crippen LogP contribution >= 0.6 is 0 Å². The molecule has 0 aliphatic carbocycles. The summed E-state index contributed by atoms with van der Waals surface area (Å²) >= 11 is 0. The number of nitrogens with zero attached hydrogens (tertiary/aromatic N) is 4. The topological polar surface area (TPSA) is 147 Å². The molecule has 62 heavy (non-hydrogen) atoms. The van der Waals surface area contributed by atoms with Gasteiger partial charge in [0.2, 0.25) is 11.9 Å². The van der Waals surface area contributed by atoms with E-state index in [1.54, 1.807) is 36.4 Å². The molecule has 5 N–H and O–H groups in total. The van der Waals surface area contributed by atoms with Gasteiger partial charge in [-0.1, -0.05) is 109 Å². The third-order valence-corrected chi connectivity index (χ3v) is 10.5. The Hall–Kier alpha value is -7.57. The lowest BCUT2D eigenvalue weighted by Gasteiger charge is -2.13. The molecule has 9 aromatic rings. The van der Waals surface area contributed by atoms with E-state index in [1.165, 1.54) is 36.8 Å². The first kappa shape index (κ1) is 42.6. The van der Waals surface area contributed by atoms with Crippen molar-refractivity contribution in [2.24, 2.45) is 11.8 Å². The van der Waals surface area contributed by atoms with Gasteiger partial charge in [0, 0.05) is 22.4 Å². The Morgan fingerprint density at radius 1 is 0.661 bits per heavy atom. The third-order valence-electron chi connectivity index (χ3n) is 10.5. The molecule has 1 atom stereocenters. The lowest BCUT2D eigenvalue weighted by Crippen LogP contribution is -2.22. The van der Waals surface area contributed by atoms with Gasteiger partial charge in [0.25, 0.3) is 0 Å². The number of rotatable bonds is 12. The Kier molecular flexibility index (Phi) is 13.8. The molecule has 0 aliphatic heterocycles. The summed E-state index contributed by atoms with van der Waals surface area (Å²) in [5, 5.41) is 4.93. The van der Waals surface area contributed by atoms with Crippen LogP contribution in [0.4, 0.5) is 14.7 Å². The van der Waals surface area contributed by atoms with Crippen molar-refractivity contribution >= 4 is 39.6 Å². The molecule has 9 rings (SSSR count). The van der Waals surface area contributed by atoms with Crippen molar-refractivity contribution in [2.45, 2.75) is 39.5 Å². The predicted molar refractivity (Wildman–Crippen MR) is 241 cm³/mol. The summed E-state index contributed by atoms with van der Waals surface area (Å²) < 4.78 is 28.0. The minimum absolute atomic E-state index is 0.133. The second-order valence-corrected chi connectivity index (χ2v) is 14.7. The van der Waals surface area contributed by atoms with E-state index in [2.05, 4.69) is 39.4 Å².